The van der Waals surface area contributed by atoms with E-state index in [-0.39, 0.29) is 12.7 Å². The molecule has 0 aliphatic rings. The van der Waals surface area contributed by atoms with Crippen LogP contribution in [-0.4, -0.2) is 43.6 Å². The van der Waals surface area contributed by atoms with Crippen LogP contribution in [0.1, 0.15) is 11.3 Å². The largest absolute Gasteiger partial charge is 0.392 e. The van der Waals surface area contributed by atoms with Crippen molar-refractivity contribution in [3.63, 3.8) is 0 Å². The number of anilines is 1. The molecule has 1 rings (SSSR count). The third kappa shape index (κ3) is 4.30. The lowest BCUT2D eigenvalue weighted by molar-refractivity contribution is 0.0365. The number of aliphatic hydroxyl groups excluding tert-OH is 1. The van der Waals surface area contributed by atoms with E-state index >= 15 is 0 Å². The molecule has 1 aromatic rings. The van der Waals surface area contributed by atoms with E-state index in [1.165, 1.54) is 0 Å². The first-order valence-corrected chi connectivity index (χ1v) is 5.54. The van der Waals surface area contributed by atoms with Gasteiger partial charge in [0.15, 0.2) is 0 Å². The molecule has 0 saturated carbocycles. The van der Waals surface area contributed by atoms with Gasteiger partial charge in [0.1, 0.15) is 5.82 Å². The molecule has 1 heterocycles. The van der Waals surface area contributed by atoms with Gasteiger partial charge in [-0.25, -0.2) is 4.98 Å². The fourth-order valence-corrected chi connectivity index (χ4v) is 1.47. The van der Waals surface area contributed by atoms with E-state index in [1.807, 2.05) is 19.1 Å². The normalized spacial score (nSPS) is 12.5. The minimum atomic E-state index is -0.000348. The highest BCUT2D eigenvalue weighted by Gasteiger charge is 2.07. The van der Waals surface area contributed by atoms with Gasteiger partial charge in [-0.05, 0) is 18.6 Å². The van der Waals surface area contributed by atoms with Crippen LogP contribution < -0.4 is 5.32 Å². The number of hydrogen-bond donors (Lipinski definition) is 2. The van der Waals surface area contributed by atoms with Crippen LogP contribution in [0.25, 0.3) is 0 Å². The van der Waals surface area contributed by atoms with Crippen molar-refractivity contribution in [2.24, 2.45) is 0 Å². The molecule has 1 unspecified atom stereocenters. The highest BCUT2D eigenvalue weighted by atomic mass is 16.5. The molecule has 17 heavy (non-hydrogen) atoms. The van der Waals surface area contributed by atoms with Gasteiger partial charge in [0.25, 0.3) is 0 Å². The number of nitrogens with zero attached hydrogens (tertiary/aromatic N) is 1. The van der Waals surface area contributed by atoms with E-state index in [9.17, 15) is 0 Å². The van der Waals surface area contributed by atoms with Gasteiger partial charge in [-0.3, -0.25) is 0 Å². The van der Waals surface area contributed by atoms with Gasteiger partial charge in [-0.1, -0.05) is 6.07 Å². The third-order valence-corrected chi connectivity index (χ3v) is 2.56. The van der Waals surface area contributed by atoms with E-state index in [0.29, 0.717) is 13.2 Å². The van der Waals surface area contributed by atoms with Crippen LogP contribution in [0.5, 0.6) is 0 Å². The van der Waals surface area contributed by atoms with Crippen LogP contribution in [0, 0.1) is 6.92 Å². The zero-order chi connectivity index (χ0) is 12.7. The zero-order valence-corrected chi connectivity index (χ0v) is 10.6. The molecule has 0 bridgehead atoms. The van der Waals surface area contributed by atoms with Crippen molar-refractivity contribution in [2.45, 2.75) is 19.6 Å². The van der Waals surface area contributed by atoms with E-state index in [0.717, 1.165) is 17.1 Å². The molecular weight excluding hydrogens is 220 g/mol. The Labute approximate surface area is 102 Å². The topological polar surface area (TPSA) is 63.6 Å². The summed E-state index contributed by atoms with van der Waals surface area (Å²) < 4.78 is 10.3. The molecule has 0 saturated heterocycles. The lowest BCUT2D eigenvalue weighted by atomic mass is 10.2. The summed E-state index contributed by atoms with van der Waals surface area (Å²) in [6.45, 7) is 3.07. The quantitative estimate of drug-likeness (QED) is 0.743. The second-order valence-corrected chi connectivity index (χ2v) is 3.79. The predicted octanol–water partition coefficient (Wildman–Crippen LogP) is 0.956. The molecule has 1 atom stereocenters. The van der Waals surface area contributed by atoms with Gasteiger partial charge < -0.3 is 19.9 Å². The van der Waals surface area contributed by atoms with E-state index < -0.39 is 0 Å². The molecule has 0 spiro atoms. The number of aryl methyl sites for hydroxylation is 1. The molecule has 0 radical (unpaired) electrons. The second-order valence-electron chi connectivity index (χ2n) is 3.79. The molecular formula is C12H20N2O3. The van der Waals surface area contributed by atoms with Crippen LogP contribution >= 0.6 is 0 Å². The SMILES string of the molecule is COCC(CNc1ccc(CO)c(C)n1)OC. The summed E-state index contributed by atoms with van der Waals surface area (Å²) in [5.41, 5.74) is 1.67. The summed E-state index contributed by atoms with van der Waals surface area (Å²) in [4.78, 5) is 4.34. The van der Waals surface area contributed by atoms with Gasteiger partial charge in [0.05, 0.1) is 19.3 Å². The number of ether oxygens (including phenoxy) is 2. The van der Waals surface area contributed by atoms with Crippen LogP contribution in [0.4, 0.5) is 5.82 Å². The highest BCUT2D eigenvalue weighted by Crippen LogP contribution is 2.10. The van der Waals surface area contributed by atoms with Gasteiger partial charge >= 0.3 is 0 Å². The average Bonchev–Trinajstić information content (AvgIpc) is 2.34. The lowest BCUT2D eigenvalue weighted by Crippen LogP contribution is -2.26. The van der Waals surface area contributed by atoms with Crippen molar-refractivity contribution in [3.05, 3.63) is 23.4 Å². The monoisotopic (exact) mass is 240 g/mol. The molecule has 0 aliphatic carbocycles. The van der Waals surface area contributed by atoms with Crippen molar-refractivity contribution in [1.82, 2.24) is 4.98 Å². The van der Waals surface area contributed by atoms with E-state index in [4.69, 9.17) is 14.6 Å². The summed E-state index contributed by atoms with van der Waals surface area (Å²) in [7, 11) is 3.30. The minimum absolute atomic E-state index is 0.000348. The predicted molar refractivity (Wildman–Crippen MR) is 66.1 cm³/mol. The van der Waals surface area contributed by atoms with E-state index in [1.54, 1.807) is 14.2 Å². The molecule has 0 fully saturated rings. The number of nitrogens with one attached hydrogen (secondary N) is 1. The number of rotatable bonds is 7. The fourth-order valence-electron chi connectivity index (χ4n) is 1.47. The van der Waals surface area contributed by atoms with Crippen molar-refractivity contribution in [1.29, 1.82) is 0 Å². The van der Waals surface area contributed by atoms with Gasteiger partial charge in [-0.15, -0.1) is 0 Å². The molecule has 96 valence electrons. The molecule has 0 amide bonds. The molecule has 0 aromatic carbocycles. The number of pyridine rings is 1. The number of methoxy groups -OCH3 is 2. The Morgan fingerprint density at radius 1 is 1.41 bits per heavy atom. The van der Waals surface area contributed by atoms with Crippen molar-refractivity contribution >= 4 is 5.82 Å². The van der Waals surface area contributed by atoms with Gasteiger partial charge in [-0.2, -0.15) is 0 Å². The van der Waals surface area contributed by atoms with Crippen molar-refractivity contribution < 1.29 is 14.6 Å². The van der Waals surface area contributed by atoms with Crippen LogP contribution in [0.3, 0.4) is 0 Å². The standard InChI is InChI=1S/C12H20N2O3/c1-9-10(7-15)4-5-12(14-9)13-6-11(17-3)8-16-2/h4-5,11,15H,6-8H2,1-3H3,(H,13,14). The Hall–Kier alpha value is -1.17. The molecule has 5 nitrogen and oxygen atoms in total. The Bertz CT molecular complexity index is 345. The van der Waals surface area contributed by atoms with Crippen LogP contribution in [0.2, 0.25) is 0 Å². The minimum Gasteiger partial charge on any atom is -0.392 e. The molecule has 2 N–H and O–H groups in total. The summed E-state index contributed by atoms with van der Waals surface area (Å²) in [6.07, 6.45) is -0.000348. The van der Waals surface area contributed by atoms with Crippen molar-refractivity contribution in [2.75, 3.05) is 32.7 Å². The Kier molecular flexibility index (Phi) is 5.90. The lowest BCUT2D eigenvalue weighted by Gasteiger charge is -2.15. The van der Waals surface area contributed by atoms with Gasteiger partial charge in [0.2, 0.25) is 0 Å². The first kappa shape index (κ1) is 13.9. The van der Waals surface area contributed by atoms with Crippen LogP contribution in [-0.2, 0) is 16.1 Å². The number of hydrogen-bond acceptors (Lipinski definition) is 5. The smallest absolute Gasteiger partial charge is 0.126 e. The second kappa shape index (κ2) is 7.21. The van der Waals surface area contributed by atoms with E-state index in [2.05, 4.69) is 10.3 Å². The first-order chi connectivity index (χ1) is 8.21. The first-order valence-electron chi connectivity index (χ1n) is 5.54. The molecule has 0 aliphatic heterocycles. The average molecular weight is 240 g/mol. The molecule has 5 heteroatoms. The Morgan fingerprint density at radius 2 is 2.18 bits per heavy atom. The Morgan fingerprint density at radius 3 is 2.71 bits per heavy atom. The Balaban J connectivity index is 2.54. The zero-order valence-electron chi connectivity index (χ0n) is 10.6. The summed E-state index contributed by atoms with van der Waals surface area (Å²) >= 11 is 0. The number of aromatic nitrogens is 1. The highest BCUT2D eigenvalue weighted by molar-refractivity contribution is 5.38. The summed E-state index contributed by atoms with van der Waals surface area (Å²) in [6, 6.07) is 3.71. The third-order valence-electron chi connectivity index (χ3n) is 2.56. The molecule has 1 aromatic heterocycles. The fraction of sp³-hybridized carbons (Fsp3) is 0.583. The maximum atomic E-state index is 9.04. The van der Waals surface area contributed by atoms with Crippen molar-refractivity contribution in [3.8, 4) is 0 Å². The maximum absolute atomic E-state index is 9.04. The summed E-state index contributed by atoms with van der Waals surface area (Å²) in [5.74, 6) is 0.776. The van der Waals surface area contributed by atoms with Crippen LogP contribution in [0.15, 0.2) is 12.1 Å². The number of aliphatic hydroxyl groups is 1. The summed E-state index contributed by atoms with van der Waals surface area (Å²) in [5, 5.41) is 12.2. The maximum Gasteiger partial charge on any atom is 0.126 e. The van der Waals surface area contributed by atoms with Gasteiger partial charge in [0, 0.05) is 26.5 Å².